The largest absolute Gasteiger partial charge is 0.393 e. The summed E-state index contributed by atoms with van der Waals surface area (Å²) in [6, 6.07) is 8.17. The van der Waals surface area contributed by atoms with Gasteiger partial charge in [0.05, 0.1) is 12.7 Å². The molecule has 138 valence electrons. The van der Waals surface area contributed by atoms with Crippen molar-refractivity contribution in [1.29, 1.82) is 0 Å². The Morgan fingerprint density at radius 3 is 2.64 bits per heavy atom. The molecule has 0 spiro atoms. The fraction of sp³-hybridized carbons (Fsp3) is 0.667. The van der Waals surface area contributed by atoms with Crippen LogP contribution in [0.4, 0.5) is 0 Å². The van der Waals surface area contributed by atoms with Crippen LogP contribution >= 0.6 is 0 Å². The van der Waals surface area contributed by atoms with E-state index in [4.69, 9.17) is 4.74 Å². The van der Waals surface area contributed by atoms with E-state index in [0.717, 1.165) is 31.4 Å². The molecule has 3 rings (SSSR count). The highest BCUT2D eigenvalue weighted by molar-refractivity contribution is 5.94. The van der Waals surface area contributed by atoms with Crippen molar-refractivity contribution in [3.05, 3.63) is 35.4 Å². The summed E-state index contributed by atoms with van der Waals surface area (Å²) in [6.45, 7) is 8.59. The Bertz CT molecular complexity index is 596. The number of amides is 1. The summed E-state index contributed by atoms with van der Waals surface area (Å²) in [4.78, 5) is 15.0. The van der Waals surface area contributed by atoms with Gasteiger partial charge in [-0.3, -0.25) is 4.79 Å². The van der Waals surface area contributed by atoms with Crippen molar-refractivity contribution in [1.82, 2.24) is 4.90 Å². The van der Waals surface area contributed by atoms with Gasteiger partial charge in [-0.25, -0.2) is 0 Å². The topological polar surface area (TPSA) is 49.8 Å². The van der Waals surface area contributed by atoms with Crippen LogP contribution in [-0.2, 0) is 10.2 Å². The number of rotatable bonds is 4. The molecule has 2 heterocycles. The number of hydrogen-bond donors (Lipinski definition) is 1. The van der Waals surface area contributed by atoms with Gasteiger partial charge >= 0.3 is 0 Å². The van der Waals surface area contributed by atoms with E-state index in [9.17, 15) is 9.90 Å². The number of ether oxygens (including phenoxy) is 1. The second kappa shape index (κ2) is 7.46. The molecule has 4 heteroatoms. The first kappa shape index (κ1) is 18.4. The van der Waals surface area contributed by atoms with Crippen molar-refractivity contribution in [3.63, 3.8) is 0 Å². The van der Waals surface area contributed by atoms with E-state index < -0.39 is 0 Å². The minimum atomic E-state index is -0.361. The molecule has 3 atom stereocenters. The standard InChI is InChI=1S/C21H31NO3/c1-4-21(2,3)16-9-7-15(8-10-16)20(24)22-12-5-6-18(22)17-14-25-13-11-19(17)23/h7-10,17-19,23H,4-6,11-14H2,1-3H3/t17-,18+,19-/m0/s1. The molecular formula is C21H31NO3. The van der Waals surface area contributed by atoms with Crippen LogP contribution in [0.3, 0.4) is 0 Å². The minimum absolute atomic E-state index is 0.0403. The summed E-state index contributed by atoms with van der Waals surface area (Å²) >= 11 is 0. The highest BCUT2D eigenvalue weighted by atomic mass is 16.5. The summed E-state index contributed by atoms with van der Waals surface area (Å²) in [5, 5.41) is 10.3. The SMILES string of the molecule is CCC(C)(C)c1ccc(C(=O)N2CCC[C@@H]2[C@@H]2COCC[C@@H]2O)cc1. The number of benzene rings is 1. The monoisotopic (exact) mass is 345 g/mol. The number of carbonyl (C=O) groups is 1. The second-order valence-corrected chi connectivity index (χ2v) is 8.12. The van der Waals surface area contributed by atoms with Gasteiger partial charge in [-0.1, -0.05) is 32.9 Å². The molecule has 0 unspecified atom stereocenters. The normalized spacial score (nSPS) is 27.5. The van der Waals surface area contributed by atoms with Crippen LogP contribution in [0.25, 0.3) is 0 Å². The first-order valence-electron chi connectivity index (χ1n) is 9.61. The number of hydrogen-bond acceptors (Lipinski definition) is 3. The molecule has 1 amide bonds. The van der Waals surface area contributed by atoms with E-state index in [2.05, 4.69) is 32.9 Å². The van der Waals surface area contributed by atoms with Gasteiger partial charge in [-0.15, -0.1) is 0 Å². The summed E-state index contributed by atoms with van der Waals surface area (Å²) in [7, 11) is 0. The maximum atomic E-state index is 13.0. The lowest BCUT2D eigenvalue weighted by Gasteiger charge is -2.37. The van der Waals surface area contributed by atoms with Crippen LogP contribution in [0.2, 0.25) is 0 Å². The molecule has 0 bridgehead atoms. The van der Waals surface area contributed by atoms with E-state index in [1.54, 1.807) is 0 Å². The lowest BCUT2D eigenvalue weighted by molar-refractivity contribution is -0.0589. The Hall–Kier alpha value is -1.39. The van der Waals surface area contributed by atoms with E-state index in [-0.39, 0.29) is 29.4 Å². The quantitative estimate of drug-likeness (QED) is 0.910. The Labute approximate surface area is 151 Å². The van der Waals surface area contributed by atoms with Gasteiger partial charge in [-0.2, -0.15) is 0 Å². The third kappa shape index (κ3) is 3.75. The van der Waals surface area contributed by atoms with Gasteiger partial charge in [0.1, 0.15) is 0 Å². The first-order chi connectivity index (χ1) is 11.9. The zero-order chi connectivity index (χ0) is 18.0. The van der Waals surface area contributed by atoms with Crippen molar-refractivity contribution in [3.8, 4) is 0 Å². The minimum Gasteiger partial charge on any atom is -0.393 e. The van der Waals surface area contributed by atoms with Crippen molar-refractivity contribution in [2.24, 2.45) is 5.92 Å². The van der Waals surface area contributed by atoms with Crippen LogP contribution in [0.5, 0.6) is 0 Å². The highest BCUT2D eigenvalue weighted by Gasteiger charge is 2.39. The maximum Gasteiger partial charge on any atom is 0.254 e. The third-order valence-electron chi connectivity index (χ3n) is 6.21. The molecule has 1 aromatic carbocycles. The zero-order valence-corrected chi connectivity index (χ0v) is 15.7. The number of aliphatic hydroxyl groups excluding tert-OH is 1. The maximum absolute atomic E-state index is 13.0. The molecule has 2 aliphatic heterocycles. The molecule has 0 aromatic heterocycles. The number of nitrogens with zero attached hydrogens (tertiary/aromatic N) is 1. The van der Waals surface area contributed by atoms with Gasteiger partial charge < -0.3 is 14.7 Å². The van der Waals surface area contributed by atoms with Crippen molar-refractivity contribution in [2.75, 3.05) is 19.8 Å². The summed E-state index contributed by atoms with van der Waals surface area (Å²) in [5.74, 6) is 0.125. The molecule has 1 aromatic rings. The summed E-state index contributed by atoms with van der Waals surface area (Å²) in [6.07, 6.45) is 3.33. The van der Waals surface area contributed by atoms with Gasteiger partial charge in [0.2, 0.25) is 0 Å². The van der Waals surface area contributed by atoms with E-state index in [1.807, 2.05) is 17.0 Å². The van der Waals surface area contributed by atoms with Crippen LogP contribution in [0, 0.1) is 5.92 Å². The Kier molecular flexibility index (Phi) is 5.49. The predicted octanol–water partition coefficient (Wildman–Crippen LogP) is 3.38. The lowest BCUT2D eigenvalue weighted by Crippen LogP contribution is -2.48. The molecule has 2 saturated heterocycles. The van der Waals surface area contributed by atoms with Crippen molar-refractivity contribution >= 4 is 5.91 Å². The third-order valence-corrected chi connectivity index (χ3v) is 6.21. The second-order valence-electron chi connectivity index (χ2n) is 8.12. The fourth-order valence-electron chi connectivity index (χ4n) is 4.04. The smallest absolute Gasteiger partial charge is 0.254 e. The van der Waals surface area contributed by atoms with Crippen LogP contribution in [0.1, 0.15) is 62.4 Å². The van der Waals surface area contributed by atoms with Gasteiger partial charge in [-0.05, 0) is 48.8 Å². The molecule has 4 nitrogen and oxygen atoms in total. The van der Waals surface area contributed by atoms with E-state index >= 15 is 0 Å². The lowest BCUT2D eigenvalue weighted by atomic mass is 9.82. The number of carbonyl (C=O) groups excluding carboxylic acids is 1. The molecule has 2 fully saturated rings. The highest BCUT2D eigenvalue weighted by Crippen LogP contribution is 2.32. The van der Waals surface area contributed by atoms with Gasteiger partial charge in [0.15, 0.2) is 0 Å². The van der Waals surface area contributed by atoms with Crippen molar-refractivity contribution in [2.45, 2.75) is 64.0 Å². The fourth-order valence-corrected chi connectivity index (χ4v) is 4.04. The van der Waals surface area contributed by atoms with Crippen LogP contribution < -0.4 is 0 Å². The first-order valence-corrected chi connectivity index (χ1v) is 9.61. The van der Waals surface area contributed by atoms with Crippen LogP contribution in [-0.4, -0.2) is 47.8 Å². The van der Waals surface area contributed by atoms with Gasteiger partial charge in [0.25, 0.3) is 5.91 Å². The number of aliphatic hydroxyl groups is 1. The molecule has 0 radical (unpaired) electrons. The van der Waals surface area contributed by atoms with E-state index in [1.165, 1.54) is 5.56 Å². The Balaban J connectivity index is 1.75. The van der Waals surface area contributed by atoms with Crippen molar-refractivity contribution < 1.29 is 14.6 Å². The molecule has 25 heavy (non-hydrogen) atoms. The molecule has 0 saturated carbocycles. The average molecular weight is 345 g/mol. The predicted molar refractivity (Wildman–Crippen MR) is 98.8 cm³/mol. The zero-order valence-electron chi connectivity index (χ0n) is 15.7. The Morgan fingerprint density at radius 2 is 2.00 bits per heavy atom. The van der Waals surface area contributed by atoms with Gasteiger partial charge in [0, 0.05) is 30.7 Å². The number of likely N-dealkylation sites (tertiary alicyclic amines) is 1. The average Bonchev–Trinajstić information content (AvgIpc) is 3.11. The molecular weight excluding hydrogens is 314 g/mol. The molecule has 1 N–H and O–H groups in total. The van der Waals surface area contributed by atoms with Crippen LogP contribution in [0.15, 0.2) is 24.3 Å². The molecule has 2 aliphatic rings. The van der Waals surface area contributed by atoms with E-state index in [0.29, 0.717) is 19.6 Å². The summed E-state index contributed by atoms with van der Waals surface area (Å²) in [5.41, 5.74) is 2.13. The summed E-state index contributed by atoms with van der Waals surface area (Å²) < 4.78 is 5.57. The Morgan fingerprint density at radius 1 is 1.28 bits per heavy atom. The molecule has 0 aliphatic carbocycles.